The molecular weight excluding hydrogens is 240 g/mol. The molecular formula is C15H16N2O2. The van der Waals surface area contributed by atoms with Crippen molar-refractivity contribution in [1.29, 1.82) is 0 Å². The standard InChI is InChI=1S/C15H16N2O2/c18-15(19)12-4-3-11-2-1-10(7-13(11)9-12)8-14-16-5-6-17-14/h3-6,9-10H,1-2,7-8H2,(H,16,17)(H,18,19). The van der Waals surface area contributed by atoms with Crippen LogP contribution in [0.5, 0.6) is 0 Å². The molecule has 0 aliphatic heterocycles. The maximum absolute atomic E-state index is 11.0. The van der Waals surface area contributed by atoms with Gasteiger partial charge in [-0.1, -0.05) is 6.07 Å². The quantitative estimate of drug-likeness (QED) is 0.886. The van der Waals surface area contributed by atoms with Gasteiger partial charge < -0.3 is 10.1 Å². The Bertz CT molecular complexity index is 590. The van der Waals surface area contributed by atoms with Crippen molar-refractivity contribution in [2.45, 2.75) is 25.7 Å². The Kier molecular flexibility index (Phi) is 3.07. The zero-order valence-corrected chi connectivity index (χ0v) is 10.6. The molecule has 19 heavy (non-hydrogen) atoms. The second kappa shape index (κ2) is 4.88. The Morgan fingerprint density at radius 3 is 3.05 bits per heavy atom. The molecule has 98 valence electrons. The summed E-state index contributed by atoms with van der Waals surface area (Å²) in [5.41, 5.74) is 2.86. The topological polar surface area (TPSA) is 66.0 Å². The maximum atomic E-state index is 11.0. The second-order valence-corrected chi connectivity index (χ2v) is 5.14. The molecule has 0 bridgehead atoms. The van der Waals surface area contributed by atoms with Crippen molar-refractivity contribution in [3.05, 3.63) is 53.1 Å². The molecule has 3 rings (SSSR count). The van der Waals surface area contributed by atoms with Crippen LogP contribution in [0, 0.1) is 5.92 Å². The van der Waals surface area contributed by atoms with Crippen molar-refractivity contribution < 1.29 is 9.90 Å². The molecule has 1 aromatic heterocycles. The van der Waals surface area contributed by atoms with Gasteiger partial charge in [0.15, 0.2) is 0 Å². The molecule has 1 aromatic carbocycles. The van der Waals surface area contributed by atoms with Gasteiger partial charge in [0.05, 0.1) is 5.56 Å². The van der Waals surface area contributed by atoms with Crippen LogP contribution in [-0.2, 0) is 19.3 Å². The fourth-order valence-electron chi connectivity index (χ4n) is 2.82. The largest absolute Gasteiger partial charge is 0.478 e. The predicted molar refractivity (Wildman–Crippen MR) is 71.2 cm³/mol. The molecule has 0 amide bonds. The molecule has 2 N–H and O–H groups in total. The number of carboxylic acids is 1. The van der Waals surface area contributed by atoms with Gasteiger partial charge in [-0.25, -0.2) is 9.78 Å². The van der Waals surface area contributed by atoms with Crippen LogP contribution >= 0.6 is 0 Å². The molecule has 4 heteroatoms. The molecule has 4 nitrogen and oxygen atoms in total. The number of benzene rings is 1. The number of rotatable bonds is 3. The minimum atomic E-state index is -0.851. The highest BCUT2D eigenvalue weighted by molar-refractivity contribution is 5.87. The molecule has 0 saturated carbocycles. The van der Waals surface area contributed by atoms with Gasteiger partial charge in [-0.3, -0.25) is 0 Å². The zero-order chi connectivity index (χ0) is 13.2. The molecule has 1 heterocycles. The third-order valence-electron chi connectivity index (χ3n) is 3.82. The van der Waals surface area contributed by atoms with Crippen molar-refractivity contribution in [2.75, 3.05) is 0 Å². The SMILES string of the molecule is O=C(O)c1ccc2c(c1)CC(Cc1ncc[nH]1)CC2. The smallest absolute Gasteiger partial charge is 0.335 e. The Morgan fingerprint density at radius 1 is 1.42 bits per heavy atom. The van der Waals surface area contributed by atoms with E-state index in [2.05, 4.69) is 9.97 Å². The van der Waals surface area contributed by atoms with Gasteiger partial charge in [0.1, 0.15) is 5.82 Å². The first-order valence-corrected chi connectivity index (χ1v) is 6.55. The molecule has 2 aromatic rings. The van der Waals surface area contributed by atoms with Crippen LogP contribution in [0.2, 0.25) is 0 Å². The number of hydrogen-bond acceptors (Lipinski definition) is 2. The predicted octanol–water partition coefficient (Wildman–Crippen LogP) is 2.46. The highest BCUT2D eigenvalue weighted by Gasteiger charge is 2.20. The second-order valence-electron chi connectivity index (χ2n) is 5.14. The minimum absolute atomic E-state index is 0.386. The fourth-order valence-corrected chi connectivity index (χ4v) is 2.82. The number of carbonyl (C=O) groups is 1. The minimum Gasteiger partial charge on any atom is -0.478 e. The van der Waals surface area contributed by atoms with Gasteiger partial charge in [-0.05, 0) is 48.4 Å². The van der Waals surface area contributed by atoms with Crippen molar-refractivity contribution >= 4 is 5.97 Å². The van der Waals surface area contributed by atoms with Gasteiger partial charge >= 0.3 is 5.97 Å². The first-order chi connectivity index (χ1) is 9.22. The summed E-state index contributed by atoms with van der Waals surface area (Å²) >= 11 is 0. The number of aromatic nitrogens is 2. The summed E-state index contributed by atoms with van der Waals surface area (Å²) in [5, 5.41) is 9.04. The van der Waals surface area contributed by atoms with E-state index >= 15 is 0 Å². The van der Waals surface area contributed by atoms with Crippen LogP contribution in [0.3, 0.4) is 0 Å². The fraction of sp³-hybridized carbons (Fsp3) is 0.333. The summed E-state index contributed by atoms with van der Waals surface area (Å²) in [6.45, 7) is 0. The number of nitrogens with one attached hydrogen (secondary N) is 1. The number of aromatic amines is 1. The summed E-state index contributed by atoms with van der Waals surface area (Å²) < 4.78 is 0. The highest BCUT2D eigenvalue weighted by Crippen LogP contribution is 2.28. The van der Waals surface area contributed by atoms with Gasteiger partial charge in [0, 0.05) is 18.8 Å². The number of hydrogen-bond donors (Lipinski definition) is 2. The van der Waals surface area contributed by atoms with Crippen LogP contribution < -0.4 is 0 Å². The Labute approximate surface area is 111 Å². The third-order valence-corrected chi connectivity index (χ3v) is 3.82. The van der Waals surface area contributed by atoms with E-state index in [0.29, 0.717) is 11.5 Å². The number of fused-ring (bicyclic) bond motifs is 1. The van der Waals surface area contributed by atoms with E-state index in [0.717, 1.165) is 31.5 Å². The molecule has 1 atom stereocenters. The maximum Gasteiger partial charge on any atom is 0.335 e. The summed E-state index contributed by atoms with van der Waals surface area (Å²) in [6.07, 6.45) is 7.66. The van der Waals surface area contributed by atoms with Gasteiger partial charge in [-0.15, -0.1) is 0 Å². The monoisotopic (exact) mass is 256 g/mol. The molecule has 0 saturated heterocycles. The molecule has 1 aliphatic carbocycles. The Morgan fingerprint density at radius 2 is 2.32 bits per heavy atom. The van der Waals surface area contributed by atoms with Crippen molar-refractivity contribution in [3.63, 3.8) is 0 Å². The first kappa shape index (κ1) is 12.0. The third kappa shape index (κ3) is 2.52. The molecule has 0 radical (unpaired) electrons. The van der Waals surface area contributed by atoms with Crippen molar-refractivity contribution in [3.8, 4) is 0 Å². The van der Waals surface area contributed by atoms with E-state index in [4.69, 9.17) is 5.11 Å². The van der Waals surface area contributed by atoms with Crippen molar-refractivity contribution in [1.82, 2.24) is 9.97 Å². The number of imidazole rings is 1. The zero-order valence-electron chi connectivity index (χ0n) is 10.6. The van der Waals surface area contributed by atoms with Crippen molar-refractivity contribution in [2.24, 2.45) is 5.92 Å². The average molecular weight is 256 g/mol. The van der Waals surface area contributed by atoms with Crippen LogP contribution in [0.15, 0.2) is 30.6 Å². The lowest BCUT2D eigenvalue weighted by Gasteiger charge is -2.24. The molecule has 1 aliphatic rings. The lowest BCUT2D eigenvalue weighted by atomic mass is 9.81. The van der Waals surface area contributed by atoms with Crippen LogP contribution in [0.25, 0.3) is 0 Å². The van der Waals surface area contributed by atoms with Crippen LogP contribution in [-0.4, -0.2) is 21.0 Å². The van der Waals surface area contributed by atoms with Gasteiger partial charge in [-0.2, -0.15) is 0 Å². The molecule has 1 unspecified atom stereocenters. The van der Waals surface area contributed by atoms with E-state index in [-0.39, 0.29) is 0 Å². The van der Waals surface area contributed by atoms with Gasteiger partial charge in [0.25, 0.3) is 0 Å². The van der Waals surface area contributed by atoms with E-state index in [1.165, 1.54) is 11.1 Å². The summed E-state index contributed by atoms with van der Waals surface area (Å²) in [7, 11) is 0. The lowest BCUT2D eigenvalue weighted by molar-refractivity contribution is 0.0696. The van der Waals surface area contributed by atoms with E-state index < -0.39 is 5.97 Å². The summed E-state index contributed by atoms with van der Waals surface area (Å²) in [4.78, 5) is 18.4. The van der Waals surface area contributed by atoms with Crippen LogP contribution in [0.4, 0.5) is 0 Å². The lowest BCUT2D eigenvalue weighted by Crippen LogP contribution is -2.17. The van der Waals surface area contributed by atoms with Crippen LogP contribution in [0.1, 0.15) is 33.7 Å². The number of nitrogens with zero attached hydrogens (tertiary/aromatic N) is 1. The average Bonchev–Trinajstić information content (AvgIpc) is 2.90. The van der Waals surface area contributed by atoms with E-state index in [9.17, 15) is 4.79 Å². The van der Waals surface area contributed by atoms with E-state index in [1.807, 2.05) is 18.3 Å². The Balaban J connectivity index is 1.78. The van der Waals surface area contributed by atoms with E-state index in [1.54, 1.807) is 12.3 Å². The van der Waals surface area contributed by atoms with Gasteiger partial charge in [0.2, 0.25) is 0 Å². The normalized spacial score (nSPS) is 18.0. The summed E-state index contributed by atoms with van der Waals surface area (Å²) in [6, 6.07) is 5.49. The highest BCUT2D eigenvalue weighted by atomic mass is 16.4. The number of aromatic carboxylic acids is 1. The summed E-state index contributed by atoms with van der Waals surface area (Å²) in [5.74, 6) is 0.710. The molecule has 0 spiro atoms. The number of H-pyrrole nitrogens is 1. The molecule has 0 fully saturated rings. The number of aryl methyl sites for hydroxylation is 1. The first-order valence-electron chi connectivity index (χ1n) is 6.55. The Hall–Kier alpha value is -2.10. The number of carboxylic acid groups (broad SMARTS) is 1.